The first-order chi connectivity index (χ1) is 11.6. The average molecular weight is 329 g/mol. The molecular formula is C16H19N5O3. The van der Waals surface area contributed by atoms with Crippen LogP contribution in [0, 0.1) is 0 Å². The van der Waals surface area contributed by atoms with Gasteiger partial charge in [0.1, 0.15) is 13.2 Å². The number of fused-ring (bicyclic) bond motifs is 1. The highest BCUT2D eigenvalue weighted by Crippen LogP contribution is 2.32. The lowest BCUT2D eigenvalue weighted by Crippen LogP contribution is -2.29. The van der Waals surface area contributed by atoms with Gasteiger partial charge in [0.15, 0.2) is 11.5 Å². The van der Waals surface area contributed by atoms with Crippen molar-refractivity contribution in [2.24, 2.45) is 0 Å². The zero-order valence-electron chi connectivity index (χ0n) is 13.6. The maximum Gasteiger partial charge on any atom is 0.319 e. The Hall–Kier alpha value is -3.03. The summed E-state index contributed by atoms with van der Waals surface area (Å²) in [5.74, 6) is 1.91. The van der Waals surface area contributed by atoms with E-state index in [0.717, 1.165) is 5.69 Å². The first-order valence-corrected chi connectivity index (χ1v) is 7.55. The summed E-state index contributed by atoms with van der Waals surface area (Å²) in [6.45, 7) is 1.35. The molecule has 8 heteroatoms. The van der Waals surface area contributed by atoms with Crippen LogP contribution in [0.2, 0.25) is 0 Å². The molecule has 2 aromatic rings. The Bertz CT molecular complexity index is 735. The van der Waals surface area contributed by atoms with Crippen molar-refractivity contribution in [1.29, 1.82) is 0 Å². The molecule has 0 atom stereocenters. The van der Waals surface area contributed by atoms with Gasteiger partial charge in [0.2, 0.25) is 5.95 Å². The zero-order valence-corrected chi connectivity index (χ0v) is 13.6. The van der Waals surface area contributed by atoms with Gasteiger partial charge in [0, 0.05) is 32.0 Å². The third kappa shape index (κ3) is 3.83. The fourth-order valence-corrected chi connectivity index (χ4v) is 2.17. The van der Waals surface area contributed by atoms with Crippen LogP contribution in [0.5, 0.6) is 11.5 Å². The molecule has 24 heavy (non-hydrogen) atoms. The second-order valence-electron chi connectivity index (χ2n) is 5.41. The minimum Gasteiger partial charge on any atom is -0.486 e. The van der Waals surface area contributed by atoms with Crippen LogP contribution in [0.1, 0.15) is 5.69 Å². The minimum atomic E-state index is -0.323. The zero-order chi connectivity index (χ0) is 16.9. The summed E-state index contributed by atoms with van der Waals surface area (Å²) in [6.07, 6.45) is 1.66. The van der Waals surface area contributed by atoms with Crippen molar-refractivity contribution in [2.45, 2.75) is 6.54 Å². The Kier molecular flexibility index (Phi) is 4.64. The van der Waals surface area contributed by atoms with Crippen LogP contribution in [0.25, 0.3) is 0 Å². The highest BCUT2D eigenvalue weighted by atomic mass is 16.6. The Morgan fingerprint density at radius 2 is 2.00 bits per heavy atom. The van der Waals surface area contributed by atoms with E-state index in [0.29, 0.717) is 42.9 Å². The van der Waals surface area contributed by atoms with E-state index < -0.39 is 0 Å². The number of hydrogen-bond donors (Lipinski definition) is 2. The highest BCUT2D eigenvalue weighted by Gasteiger charge is 2.12. The van der Waals surface area contributed by atoms with E-state index in [1.54, 1.807) is 35.4 Å². The molecule has 0 bridgehead atoms. The number of ether oxygens (including phenoxy) is 2. The predicted molar refractivity (Wildman–Crippen MR) is 89.6 cm³/mol. The number of rotatable bonds is 4. The first-order valence-electron chi connectivity index (χ1n) is 7.55. The summed E-state index contributed by atoms with van der Waals surface area (Å²) in [5.41, 5.74) is 1.36. The molecule has 1 aliphatic heterocycles. The molecule has 1 aromatic heterocycles. The van der Waals surface area contributed by atoms with Crippen LogP contribution in [-0.4, -0.2) is 43.3 Å². The summed E-state index contributed by atoms with van der Waals surface area (Å²) >= 11 is 0. The number of aromatic nitrogens is 2. The summed E-state index contributed by atoms with van der Waals surface area (Å²) in [4.78, 5) is 22.3. The molecule has 0 fully saturated rings. The lowest BCUT2D eigenvalue weighted by Gasteiger charge is -2.19. The third-order valence-electron chi connectivity index (χ3n) is 3.33. The SMILES string of the molecule is CN(C)c1nccc(CNC(=O)Nc2ccc3c(c2)OCCO3)n1. The van der Waals surface area contributed by atoms with Crippen molar-refractivity contribution in [3.8, 4) is 11.5 Å². The maximum absolute atomic E-state index is 12.0. The summed E-state index contributed by atoms with van der Waals surface area (Å²) in [6, 6.07) is 6.72. The molecule has 0 spiro atoms. The molecule has 3 rings (SSSR count). The Morgan fingerprint density at radius 1 is 1.21 bits per heavy atom. The molecule has 2 N–H and O–H groups in total. The summed E-state index contributed by atoms with van der Waals surface area (Å²) in [7, 11) is 3.72. The van der Waals surface area contributed by atoms with Crippen molar-refractivity contribution >= 4 is 17.7 Å². The van der Waals surface area contributed by atoms with Crippen LogP contribution in [0.3, 0.4) is 0 Å². The fourth-order valence-electron chi connectivity index (χ4n) is 2.17. The van der Waals surface area contributed by atoms with Crippen molar-refractivity contribution < 1.29 is 14.3 Å². The Morgan fingerprint density at radius 3 is 2.79 bits per heavy atom. The molecule has 0 radical (unpaired) electrons. The molecule has 0 unspecified atom stereocenters. The highest BCUT2D eigenvalue weighted by molar-refractivity contribution is 5.89. The fraction of sp³-hybridized carbons (Fsp3) is 0.312. The third-order valence-corrected chi connectivity index (χ3v) is 3.33. The number of nitrogens with one attached hydrogen (secondary N) is 2. The summed E-state index contributed by atoms with van der Waals surface area (Å²) < 4.78 is 10.9. The van der Waals surface area contributed by atoms with Gasteiger partial charge in [0.25, 0.3) is 0 Å². The van der Waals surface area contributed by atoms with E-state index in [-0.39, 0.29) is 6.03 Å². The van der Waals surface area contributed by atoms with Gasteiger partial charge in [0.05, 0.1) is 12.2 Å². The molecule has 0 aliphatic carbocycles. The van der Waals surface area contributed by atoms with Crippen molar-refractivity contribution in [3.63, 3.8) is 0 Å². The lowest BCUT2D eigenvalue weighted by atomic mass is 10.2. The molecule has 0 saturated heterocycles. The number of hydrogen-bond acceptors (Lipinski definition) is 6. The van der Waals surface area contributed by atoms with Crippen LogP contribution < -0.4 is 25.0 Å². The number of benzene rings is 1. The molecule has 8 nitrogen and oxygen atoms in total. The molecule has 126 valence electrons. The second-order valence-corrected chi connectivity index (χ2v) is 5.41. The number of urea groups is 1. The smallest absolute Gasteiger partial charge is 0.319 e. The van der Waals surface area contributed by atoms with E-state index in [9.17, 15) is 4.79 Å². The van der Waals surface area contributed by atoms with E-state index in [1.165, 1.54) is 0 Å². The second kappa shape index (κ2) is 7.03. The standard InChI is InChI=1S/C16H19N5O3/c1-21(2)15-17-6-5-12(19-15)10-18-16(22)20-11-3-4-13-14(9-11)24-8-7-23-13/h3-6,9H,7-8,10H2,1-2H3,(H2,18,20,22). The topological polar surface area (TPSA) is 88.6 Å². The predicted octanol–water partition coefficient (Wildman–Crippen LogP) is 1.64. The molecular weight excluding hydrogens is 310 g/mol. The number of carbonyl (C=O) groups is 1. The van der Waals surface area contributed by atoms with Gasteiger partial charge in [-0.05, 0) is 18.2 Å². The Balaban J connectivity index is 1.57. The molecule has 0 saturated carbocycles. The average Bonchev–Trinajstić information content (AvgIpc) is 2.60. The van der Waals surface area contributed by atoms with Gasteiger partial charge in [-0.1, -0.05) is 0 Å². The lowest BCUT2D eigenvalue weighted by molar-refractivity contribution is 0.171. The van der Waals surface area contributed by atoms with Gasteiger partial charge in [-0.2, -0.15) is 0 Å². The maximum atomic E-state index is 12.0. The van der Waals surface area contributed by atoms with Crippen LogP contribution >= 0.6 is 0 Å². The van der Waals surface area contributed by atoms with Gasteiger partial charge >= 0.3 is 6.03 Å². The Labute approximate surface area is 139 Å². The van der Waals surface area contributed by atoms with Gasteiger partial charge in [-0.3, -0.25) is 0 Å². The largest absolute Gasteiger partial charge is 0.486 e. The van der Waals surface area contributed by atoms with Crippen LogP contribution in [0.4, 0.5) is 16.4 Å². The van der Waals surface area contributed by atoms with E-state index in [4.69, 9.17) is 9.47 Å². The van der Waals surface area contributed by atoms with Crippen molar-refractivity contribution in [3.05, 3.63) is 36.2 Å². The molecule has 2 amide bonds. The minimum absolute atomic E-state index is 0.305. The van der Waals surface area contributed by atoms with Crippen molar-refractivity contribution in [1.82, 2.24) is 15.3 Å². The molecule has 1 aliphatic rings. The van der Waals surface area contributed by atoms with E-state index >= 15 is 0 Å². The first kappa shape index (κ1) is 15.9. The number of amides is 2. The van der Waals surface area contributed by atoms with E-state index in [1.807, 2.05) is 14.1 Å². The van der Waals surface area contributed by atoms with Crippen LogP contribution in [0.15, 0.2) is 30.5 Å². The van der Waals surface area contributed by atoms with E-state index in [2.05, 4.69) is 20.6 Å². The number of anilines is 2. The quantitative estimate of drug-likeness (QED) is 0.886. The normalized spacial score (nSPS) is 12.4. The number of carbonyl (C=O) groups excluding carboxylic acids is 1. The van der Waals surface area contributed by atoms with Gasteiger partial charge < -0.3 is 25.0 Å². The molecule has 1 aromatic carbocycles. The summed E-state index contributed by atoms with van der Waals surface area (Å²) in [5, 5.41) is 5.52. The molecule has 2 heterocycles. The number of nitrogens with zero attached hydrogens (tertiary/aromatic N) is 3. The van der Waals surface area contributed by atoms with Gasteiger partial charge in [-0.25, -0.2) is 14.8 Å². The van der Waals surface area contributed by atoms with Crippen molar-refractivity contribution in [2.75, 3.05) is 37.5 Å². The van der Waals surface area contributed by atoms with Crippen LogP contribution in [-0.2, 0) is 6.54 Å². The van der Waals surface area contributed by atoms with Gasteiger partial charge in [-0.15, -0.1) is 0 Å². The monoisotopic (exact) mass is 329 g/mol.